The second-order valence-corrected chi connectivity index (χ2v) is 8.42. The van der Waals surface area contributed by atoms with Crippen LogP contribution in [-0.2, 0) is 20.6 Å². The lowest BCUT2D eigenvalue weighted by Crippen LogP contribution is -2.40. The van der Waals surface area contributed by atoms with Crippen LogP contribution in [0.2, 0.25) is 0 Å². The number of likely N-dealkylation sites (tertiary alicyclic amines) is 1. The lowest BCUT2D eigenvalue weighted by Gasteiger charge is -2.32. The zero-order chi connectivity index (χ0) is 21.5. The monoisotopic (exact) mass is 423 g/mol. The number of fused-ring (bicyclic) bond motifs is 1. The first-order valence-corrected chi connectivity index (χ1v) is 10.2. The molecule has 2 saturated carbocycles. The Labute approximate surface area is 172 Å². The molecule has 0 bridgehead atoms. The van der Waals surface area contributed by atoms with Crippen molar-refractivity contribution >= 4 is 23.3 Å². The fourth-order valence-corrected chi connectivity index (χ4v) is 4.80. The number of carbonyl (C=O) groups is 3. The van der Waals surface area contributed by atoms with Crippen molar-refractivity contribution in [1.82, 2.24) is 10.2 Å². The molecule has 2 amide bonds. The summed E-state index contributed by atoms with van der Waals surface area (Å²) in [7, 11) is 0. The molecule has 1 aliphatic heterocycles. The molecular formula is C21H24F3N3O3. The predicted molar refractivity (Wildman–Crippen MR) is 102 cm³/mol. The van der Waals surface area contributed by atoms with Crippen LogP contribution >= 0.6 is 0 Å². The van der Waals surface area contributed by atoms with Gasteiger partial charge >= 0.3 is 6.18 Å². The van der Waals surface area contributed by atoms with Gasteiger partial charge in [0, 0.05) is 43.6 Å². The van der Waals surface area contributed by atoms with Crippen LogP contribution in [0, 0.1) is 17.8 Å². The molecule has 1 saturated heterocycles. The number of piperidine rings is 1. The lowest BCUT2D eigenvalue weighted by atomic mass is 9.93. The summed E-state index contributed by atoms with van der Waals surface area (Å²) in [6.07, 6.45) is -1.42. The van der Waals surface area contributed by atoms with Crippen molar-refractivity contribution < 1.29 is 27.6 Å². The lowest BCUT2D eigenvalue weighted by molar-refractivity contribution is -0.137. The minimum absolute atomic E-state index is 0.0361. The smallest absolute Gasteiger partial charge is 0.347 e. The van der Waals surface area contributed by atoms with Crippen LogP contribution in [0.4, 0.5) is 18.9 Å². The zero-order valence-electron chi connectivity index (χ0n) is 16.4. The molecule has 9 heteroatoms. The van der Waals surface area contributed by atoms with E-state index in [4.69, 9.17) is 0 Å². The molecule has 1 aromatic carbocycles. The first kappa shape index (κ1) is 20.8. The molecule has 0 aromatic heterocycles. The number of halogens is 3. The molecular weight excluding hydrogens is 399 g/mol. The van der Waals surface area contributed by atoms with Gasteiger partial charge in [0.15, 0.2) is 0 Å². The van der Waals surface area contributed by atoms with Gasteiger partial charge in [-0.2, -0.15) is 13.2 Å². The summed E-state index contributed by atoms with van der Waals surface area (Å²) in [5.74, 6) is 0.0528. The van der Waals surface area contributed by atoms with Crippen molar-refractivity contribution in [1.29, 1.82) is 0 Å². The second kappa shape index (κ2) is 8.02. The summed E-state index contributed by atoms with van der Waals surface area (Å²) in [5, 5.41) is 4.99. The summed E-state index contributed by atoms with van der Waals surface area (Å²) < 4.78 is 38.2. The summed E-state index contributed by atoms with van der Waals surface area (Å²) in [4.78, 5) is 38.2. The molecule has 30 heavy (non-hydrogen) atoms. The van der Waals surface area contributed by atoms with Gasteiger partial charge in [-0.1, -0.05) is 6.07 Å². The van der Waals surface area contributed by atoms with Crippen LogP contribution in [0.25, 0.3) is 0 Å². The number of amides is 2. The molecule has 162 valence electrons. The highest BCUT2D eigenvalue weighted by Crippen LogP contribution is 2.52. The van der Waals surface area contributed by atoms with Gasteiger partial charge in [0.1, 0.15) is 5.78 Å². The second-order valence-electron chi connectivity index (χ2n) is 8.42. The highest BCUT2D eigenvalue weighted by molar-refractivity contribution is 5.95. The molecule has 2 aliphatic carbocycles. The van der Waals surface area contributed by atoms with E-state index in [9.17, 15) is 27.6 Å². The van der Waals surface area contributed by atoms with Gasteiger partial charge in [-0.05, 0) is 42.9 Å². The number of nitrogens with zero attached hydrogens (tertiary/aromatic N) is 1. The van der Waals surface area contributed by atoms with Gasteiger partial charge in [0.25, 0.3) is 0 Å². The van der Waals surface area contributed by atoms with Crippen molar-refractivity contribution in [3.63, 3.8) is 0 Å². The number of Topliss-reactive ketones (excluding diaryl/α,β-unsaturated/α-hetero) is 1. The maximum Gasteiger partial charge on any atom is 0.416 e. The van der Waals surface area contributed by atoms with E-state index in [2.05, 4.69) is 15.5 Å². The fourth-order valence-electron chi connectivity index (χ4n) is 4.80. The van der Waals surface area contributed by atoms with E-state index in [1.807, 2.05) is 0 Å². The largest absolute Gasteiger partial charge is 0.416 e. The van der Waals surface area contributed by atoms with Crippen molar-refractivity contribution in [2.45, 2.75) is 37.9 Å². The Balaban J connectivity index is 1.20. The zero-order valence-corrected chi connectivity index (χ0v) is 16.4. The third-order valence-corrected chi connectivity index (χ3v) is 6.45. The summed E-state index contributed by atoms with van der Waals surface area (Å²) in [6, 6.07) is 4.80. The van der Waals surface area contributed by atoms with E-state index < -0.39 is 17.6 Å². The van der Waals surface area contributed by atoms with Crippen LogP contribution in [0.5, 0.6) is 0 Å². The van der Waals surface area contributed by atoms with E-state index in [-0.39, 0.29) is 35.9 Å². The Morgan fingerprint density at radius 3 is 2.40 bits per heavy atom. The topological polar surface area (TPSA) is 78.5 Å². The number of benzene rings is 1. The van der Waals surface area contributed by atoms with E-state index in [0.29, 0.717) is 24.7 Å². The fraction of sp³-hybridized carbons (Fsp3) is 0.571. The number of rotatable bonds is 5. The Morgan fingerprint density at radius 2 is 1.77 bits per heavy atom. The highest BCUT2D eigenvalue weighted by atomic mass is 19.4. The molecule has 1 unspecified atom stereocenters. The number of nitrogens with one attached hydrogen (secondary N) is 2. The standard InChI is InChI=1S/C21H24F3N3O3/c22-21(23,24)12-2-1-3-13(8-12)26-18(29)9-25-20(30)19-16-10-27(11-17(16)19)14-4-6-15(28)7-5-14/h1-3,8,14,16-17,19H,4-7,9-11H2,(H,25,30)(H,26,29)/t16-,17+,19?. The molecule has 0 radical (unpaired) electrons. The quantitative estimate of drug-likeness (QED) is 0.763. The Bertz CT molecular complexity index is 835. The van der Waals surface area contributed by atoms with Crippen LogP contribution < -0.4 is 10.6 Å². The third kappa shape index (κ3) is 4.50. The van der Waals surface area contributed by atoms with E-state index >= 15 is 0 Å². The van der Waals surface area contributed by atoms with E-state index in [1.165, 1.54) is 12.1 Å². The van der Waals surface area contributed by atoms with Crippen LogP contribution in [-0.4, -0.2) is 48.2 Å². The summed E-state index contributed by atoms with van der Waals surface area (Å²) in [5.41, 5.74) is -0.809. The van der Waals surface area contributed by atoms with Crippen molar-refractivity contribution in [3.8, 4) is 0 Å². The normalized spacial score (nSPS) is 26.9. The number of alkyl halides is 3. The maximum atomic E-state index is 12.7. The molecule has 1 heterocycles. The first-order valence-electron chi connectivity index (χ1n) is 10.2. The molecule has 4 rings (SSSR count). The minimum Gasteiger partial charge on any atom is -0.347 e. The van der Waals surface area contributed by atoms with Crippen molar-refractivity contribution in [2.24, 2.45) is 17.8 Å². The number of hydrogen-bond acceptors (Lipinski definition) is 4. The Morgan fingerprint density at radius 1 is 1.10 bits per heavy atom. The average molecular weight is 423 g/mol. The molecule has 6 nitrogen and oxygen atoms in total. The average Bonchev–Trinajstić information content (AvgIpc) is 3.20. The van der Waals surface area contributed by atoms with Crippen molar-refractivity contribution in [3.05, 3.63) is 29.8 Å². The van der Waals surface area contributed by atoms with E-state index in [1.54, 1.807) is 0 Å². The predicted octanol–water partition coefficient (Wildman–Crippen LogP) is 2.45. The van der Waals surface area contributed by atoms with E-state index in [0.717, 1.165) is 38.1 Å². The van der Waals surface area contributed by atoms with Gasteiger partial charge in [-0.3, -0.25) is 19.3 Å². The van der Waals surface area contributed by atoms with Gasteiger partial charge < -0.3 is 10.6 Å². The van der Waals surface area contributed by atoms with Gasteiger partial charge in [-0.25, -0.2) is 0 Å². The highest BCUT2D eigenvalue weighted by Gasteiger charge is 2.59. The van der Waals surface area contributed by atoms with Crippen LogP contribution in [0.3, 0.4) is 0 Å². The number of ketones is 1. The number of carbonyl (C=O) groups excluding carboxylic acids is 3. The third-order valence-electron chi connectivity index (χ3n) is 6.45. The summed E-state index contributed by atoms with van der Waals surface area (Å²) >= 11 is 0. The SMILES string of the molecule is O=C1CCC(N2C[C@@H]3C(C(=O)NCC(=O)Nc4cccc(C(F)(F)F)c4)[C@@H]3C2)CC1. The number of anilines is 1. The van der Waals surface area contributed by atoms with Gasteiger partial charge in [0.05, 0.1) is 12.1 Å². The Hall–Kier alpha value is -2.42. The summed E-state index contributed by atoms with van der Waals surface area (Å²) in [6.45, 7) is 1.41. The minimum atomic E-state index is -4.49. The van der Waals surface area contributed by atoms with Crippen LogP contribution in [0.15, 0.2) is 24.3 Å². The van der Waals surface area contributed by atoms with Crippen molar-refractivity contribution in [2.75, 3.05) is 25.0 Å². The molecule has 1 aromatic rings. The Kier molecular flexibility index (Phi) is 5.57. The molecule has 3 atom stereocenters. The number of hydrogen-bond donors (Lipinski definition) is 2. The maximum absolute atomic E-state index is 12.7. The van der Waals surface area contributed by atoms with Gasteiger partial charge in [0.2, 0.25) is 11.8 Å². The molecule has 2 N–H and O–H groups in total. The molecule has 0 spiro atoms. The van der Waals surface area contributed by atoms with Crippen LogP contribution in [0.1, 0.15) is 31.2 Å². The van der Waals surface area contributed by atoms with Gasteiger partial charge in [-0.15, -0.1) is 0 Å². The molecule has 3 fully saturated rings. The first-order chi connectivity index (χ1) is 14.2. The molecule has 3 aliphatic rings.